The Balaban J connectivity index is 1.51. The van der Waals surface area contributed by atoms with Crippen molar-refractivity contribution in [3.8, 4) is 0 Å². The smallest absolute Gasteiger partial charge is 0.144 e. The number of Topliss-reactive ketones (excluding diaryl/α,β-unsaturated/α-hetero) is 1. The van der Waals surface area contributed by atoms with E-state index in [1.54, 1.807) is 0 Å². The third-order valence-corrected chi connectivity index (χ3v) is 5.05. The minimum Gasteiger partial charge on any atom is -0.376 e. The van der Waals surface area contributed by atoms with Crippen molar-refractivity contribution in [2.45, 2.75) is 70.0 Å². The molecule has 2 saturated carbocycles. The molecule has 0 bridgehead atoms. The monoisotopic (exact) mass is 252 g/mol. The molecule has 0 amide bonds. The lowest BCUT2D eigenvalue weighted by molar-refractivity contribution is -0.176. The van der Waals surface area contributed by atoms with Crippen molar-refractivity contribution in [3.63, 3.8) is 0 Å². The first kappa shape index (κ1) is 12.6. The van der Waals surface area contributed by atoms with Gasteiger partial charge in [-0.3, -0.25) is 4.79 Å². The molecule has 1 aliphatic heterocycles. The number of carbonyl (C=O) groups excluding carboxylic acids is 1. The Kier molecular flexibility index (Phi) is 3.71. The van der Waals surface area contributed by atoms with Crippen LogP contribution < -0.4 is 0 Å². The highest BCUT2D eigenvalue weighted by atomic mass is 16.5. The summed E-state index contributed by atoms with van der Waals surface area (Å²) in [6.45, 7) is 1.57. The highest BCUT2D eigenvalue weighted by Crippen LogP contribution is 2.50. The maximum atomic E-state index is 12.0. The van der Waals surface area contributed by atoms with Gasteiger partial charge in [-0.25, -0.2) is 0 Å². The molecular formula is C15H24O3. The van der Waals surface area contributed by atoms with Gasteiger partial charge in [0.25, 0.3) is 0 Å². The van der Waals surface area contributed by atoms with Crippen molar-refractivity contribution >= 4 is 5.78 Å². The summed E-state index contributed by atoms with van der Waals surface area (Å²) < 4.78 is 11.7. The van der Waals surface area contributed by atoms with Gasteiger partial charge in [-0.15, -0.1) is 0 Å². The van der Waals surface area contributed by atoms with E-state index in [9.17, 15) is 4.79 Å². The van der Waals surface area contributed by atoms with E-state index in [2.05, 4.69) is 0 Å². The van der Waals surface area contributed by atoms with Crippen molar-refractivity contribution < 1.29 is 14.3 Å². The Morgan fingerprint density at radius 1 is 1.17 bits per heavy atom. The lowest BCUT2D eigenvalue weighted by Gasteiger charge is -2.50. The molecule has 102 valence electrons. The zero-order valence-electron chi connectivity index (χ0n) is 11.2. The molecule has 1 saturated heterocycles. The summed E-state index contributed by atoms with van der Waals surface area (Å²) in [4.78, 5) is 12.0. The largest absolute Gasteiger partial charge is 0.376 e. The predicted octanol–water partition coefficient (Wildman–Crippen LogP) is 2.86. The number of hydrogen-bond acceptors (Lipinski definition) is 3. The Morgan fingerprint density at radius 3 is 2.67 bits per heavy atom. The van der Waals surface area contributed by atoms with Gasteiger partial charge in [-0.1, -0.05) is 19.3 Å². The third-order valence-electron chi connectivity index (χ3n) is 5.05. The molecule has 3 rings (SSSR count). The van der Waals surface area contributed by atoms with E-state index in [1.165, 1.54) is 32.1 Å². The second kappa shape index (κ2) is 5.30. The number of ketones is 1. The summed E-state index contributed by atoms with van der Waals surface area (Å²) in [5, 5.41) is 0. The minimum atomic E-state index is -0.0904. The summed E-state index contributed by atoms with van der Waals surface area (Å²) in [5.41, 5.74) is -0.0904. The zero-order valence-corrected chi connectivity index (χ0v) is 11.2. The van der Waals surface area contributed by atoms with Crippen LogP contribution in [-0.2, 0) is 14.3 Å². The average molecular weight is 252 g/mol. The van der Waals surface area contributed by atoms with Gasteiger partial charge < -0.3 is 9.47 Å². The van der Waals surface area contributed by atoms with Crippen LogP contribution in [0, 0.1) is 5.41 Å². The molecule has 2 unspecified atom stereocenters. The van der Waals surface area contributed by atoms with Gasteiger partial charge in [0.05, 0.1) is 24.2 Å². The fourth-order valence-electron chi connectivity index (χ4n) is 3.78. The Labute approximate surface area is 109 Å². The Hall–Kier alpha value is -0.410. The number of carbonyl (C=O) groups is 1. The van der Waals surface area contributed by atoms with Crippen molar-refractivity contribution in [1.82, 2.24) is 0 Å². The van der Waals surface area contributed by atoms with Crippen LogP contribution >= 0.6 is 0 Å². The molecule has 0 aromatic rings. The fraction of sp³-hybridized carbons (Fsp3) is 0.933. The van der Waals surface area contributed by atoms with E-state index in [0.717, 1.165) is 25.9 Å². The van der Waals surface area contributed by atoms with Crippen LogP contribution in [0.1, 0.15) is 57.8 Å². The van der Waals surface area contributed by atoms with E-state index >= 15 is 0 Å². The van der Waals surface area contributed by atoms with E-state index in [1.807, 2.05) is 0 Å². The lowest BCUT2D eigenvalue weighted by atomic mass is 9.57. The summed E-state index contributed by atoms with van der Waals surface area (Å²) in [7, 11) is 0. The molecule has 0 N–H and O–H groups in total. The Bertz CT molecular complexity index is 301. The molecule has 2 aliphatic carbocycles. The van der Waals surface area contributed by atoms with Crippen LogP contribution in [-0.4, -0.2) is 31.2 Å². The molecule has 0 aromatic carbocycles. The topological polar surface area (TPSA) is 35.5 Å². The first-order valence-electron chi connectivity index (χ1n) is 7.58. The summed E-state index contributed by atoms with van der Waals surface area (Å²) in [5.74, 6) is 0.455. The second-order valence-corrected chi connectivity index (χ2v) is 6.15. The van der Waals surface area contributed by atoms with Gasteiger partial charge in [0.15, 0.2) is 0 Å². The molecular weight excluding hydrogens is 228 g/mol. The van der Waals surface area contributed by atoms with E-state index in [4.69, 9.17) is 9.47 Å². The van der Waals surface area contributed by atoms with Crippen LogP contribution in [0.4, 0.5) is 0 Å². The molecule has 1 spiro atoms. The molecule has 2 atom stereocenters. The van der Waals surface area contributed by atoms with Gasteiger partial charge in [0.1, 0.15) is 5.78 Å². The second-order valence-electron chi connectivity index (χ2n) is 6.15. The number of hydrogen-bond donors (Lipinski definition) is 0. The molecule has 3 heteroatoms. The molecule has 3 aliphatic rings. The standard InChI is InChI=1S/C15H24O3/c16-13-10-14(15(13)7-3-1-4-8-15)18-11-12-6-2-5-9-17-12/h12,14H,1-11H2. The number of ether oxygens (including phenoxy) is 2. The van der Waals surface area contributed by atoms with E-state index in [-0.39, 0.29) is 17.6 Å². The predicted molar refractivity (Wildman–Crippen MR) is 68.5 cm³/mol. The highest BCUT2D eigenvalue weighted by molar-refractivity contribution is 5.92. The van der Waals surface area contributed by atoms with Gasteiger partial charge in [0.2, 0.25) is 0 Å². The average Bonchev–Trinajstić information content (AvgIpc) is 2.45. The van der Waals surface area contributed by atoms with E-state index in [0.29, 0.717) is 18.8 Å². The van der Waals surface area contributed by atoms with Crippen LogP contribution in [0.15, 0.2) is 0 Å². The first-order valence-corrected chi connectivity index (χ1v) is 7.58. The third kappa shape index (κ3) is 2.23. The van der Waals surface area contributed by atoms with Crippen molar-refractivity contribution in [1.29, 1.82) is 0 Å². The number of rotatable bonds is 3. The van der Waals surface area contributed by atoms with Crippen LogP contribution in [0.25, 0.3) is 0 Å². The normalized spacial score (nSPS) is 35.4. The lowest BCUT2D eigenvalue weighted by Crippen LogP contribution is -2.56. The maximum absolute atomic E-state index is 12.0. The quantitative estimate of drug-likeness (QED) is 0.774. The van der Waals surface area contributed by atoms with Crippen LogP contribution in [0.3, 0.4) is 0 Å². The fourth-order valence-corrected chi connectivity index (χ4v) is 3.78. The van der Waals surface area contributed by atoms with Crippen molar-refractivity contribution in [2.24, 2.45) is 5.41 Å². The maximum Gasteiger partial charge on any atom is 0.144 e. The van der Waals surface area contributed by atoms with Crippen LogP contribution in [0.2, 0.25) is 0 Å². The summed E-state index contributed by atoms with van der Waals surface area (Å²) in [6.07, 6.45) is 10.5. The summed E-state index contributed by atoms with van der Waals surface area (Å²) >= 11 is 0. The minimum absolute atomic E-state index is 0.0904. The van der Waals surface area contributed by atoms with Crippen molar-refractivity contribution in [3.05, 3.63) is 0 Å². The first-order chi connectivity index (χ1) is 8.81. The van der Waals surface area contributed by atoms with Gasteiger partial charge >= 0.3 is 0 Å². The summed E-state index contributed by atoms with van der Waals surface area (Å²) in [6, 6.07) is 0. The molecule has 18 heavy (non-hydrogen) atoms. The van der Waals surface area contributed by atoms with Gasteiger partial charge in [-0.2, -0.15) is 0 Å². The van der Waals surface area contributed by atoms with Crippen LogP contribution in [0.5, 0.6) is 0 Å². The highest BCUT2D eigenvalue weighted by Gasteiger charge is 2.55. The van der Waals surface area contributed by atoms with Gasteiger partial charge in [-0.05, 0) is 32.1 Å². The van der Waals surface area contributed by atoms with Gasteiger partial charge in [0, 0.05) is 13.0 Å². The molecule has 0 radical (unpaired) electrons. The zero-order chi connectivity index (χ0) is 12.4. The van der Waals surface area contributed by atoms with Crippen molar-refractivity contribution in [2.75, 3.05) is 13.2 Å². The molecule has 0 aromatic heterocycles. The SMILES string of the molecule is O=C1CC(OCC2CCCCO2)C12CCCCC2. The molecule has 3 nitrogen and oxygen atoms in total. The van der Waals surface area contributed by atoms with E-state index < -0.39 is 0 Å². The molecule has 1 heterocycles. The molecule has 3 fully saturated rings. The Morgan fingerprint density at radius 2 is 2.00 bits per heavy atom.